The summed E-state index contributed by atoms with van der Waals surface area (Å²) >= 11 is 0. The van der Waals surface area contributed by atoms with Gasteiger partial charge in [0.1, 0.15) is 0 Å². The Kier molecular flexibility index (Phi) is 3.41. The average molecular weight is 196 g/mol. The van der Waals surface area contributed by atoms with E-state index in [0.717, 1.165) is 0 Å². The van der Waals surface area contributed by atoms with Crippen molar-refractivity contribution in [3.05, 3.63) is 34.2 Å². The zero-order valence-corrected chi connectivity index (χ0v) is 7.78. The molecule has 76 valence electrons. The molecule has 1 heterocycles. The molecule has 5 heteroatoms. The van der Waals surface area contributed by atoms with Crippen LogP contribution in [0, 0.1) is 0 Å². The van der Waals surface area contributed by atoms with Crippen LogP contribution < -0.4 is 10.9 Å². The number of nitrogens with one attached hydrogen (secondary N) is 2. The van der Waals surface area contributed by atoms with Gasteiger partial charge in [0.05, 0.1) is 11.7 Å². The second-order valence-electron chi connectivity index (χ2n) is 3.00. The zero-order valence-electron chi connectivity index (χ0n) is 7.78. The standard InChI is InChI=1S/C9H12N2O3/c1-6(12)4-11-9(14)7-2-3-8(13)10-5-7/h2-3,5-6,12H,4H2,1H3,(H,10,13)(H,11,14)/t6-/m0/s1. The third-order valence-corrected chi connectivity index (χ3v) is 1.60. The number of pyridine rings is 1. The molecule has 0 aliphatic heterocycles. The quantitative estimate of drug-likeness (QED) is 0.608. The van der Waals surface area contributed by atoms with Gasteiger partial charge >= 0.3 is 0 Å². The van der Waals surface area contributed by atoms with Gasteiger partial charge in [0.25, 0.3) is 5.91 Å². The maximum absolute atomic E-state index is 11.3. The van der Waals surface area contributed by atoms with Crippen LogP contribution in [0.15, 0.2) is 23.1 Å². The molecule has 0 radical (unpaired) electrons. The van der Waals surface area contributed by atoms with E-state index < -0.39 is 6.10 Å². The lowest BCUT2D eigenvalue weighted by Crippen LogP contribution is -2.30. The second kappa shape index (κ2) is 4.57. The number of carbonyl (C=O) groups is 1. The molecule has 3 N–H and O–H groups in total. The molecule has 0 aliphatic carbocycles. The average Bonchev–Trinajstić information content (AvgIpc) is 2.15. The third kappa shape index (κ3) is 3.02. The lowest BCUT2D eigenvalue weighted by Gasteiger charge is -2.06. The van der Waals surface area contributed by atoms with Gasteiger partial charge in [0.15, 0.2) is 0 Å². The summed E-state index contributed by atoms with van der Waals surface area (Å²) in [5.74, 6) is -0.317. The fourth-order valence-corrected chi connectivity index (χ4v) is 0.894. The molecule has 0 saturated heterocycles. The Balaban J connectivity index is 2.61. The van der Waals surface area contributed by atoms with Gasteiger partial charge in [-0.3, -0.25) is 9.59 Å². The molecule has 0 fully saturated rings. The highest BCUT2D eigenvalue weighted by Crippen LogP contribution is 1.92. The molecular weight excluding hydrogens is 184 g/mol. The molecule has 1 rings (SSSR count). The molecule has 0 spiro atoms. The highest BCUT2D eigenvalue weighted by molar-refractivity contribution is 5.93. The normalized spacial score (nSPS) is 12.1. The van der Waals surface area contributed by atoms with Crippen molar-refractivity contribution in [3.63, 3.8) is 0 Å². The predicted molar refractivity (Wildman–Crippen MR) is 51.1 cm³/mol. The summed E-state index contributed by atoms with van der Waals surface area (Å²) in [5.41, 5.74) is 0.113. The lowest BCUT2D eigenvalue weighted by atomic mass is 10.2. The number of aliphatic hydroxyl groups is 1. The van der Waals surface area contributed by atoms with Crippen molar-refractivity contribution < 1.29 is 9.90 Å². The van der Waals surface area contributed by atoms with Crippen LogP contribution in [-0.2, 0) is 0 Å². The largest absolute Gasteiger partial charge is 0.392 e. The van der Waals surface area contributed by atoms with Gasteiger partial charge < -0.3 is 15.4 Å². The summed E-state index contributed by atoms with van der Waals surface area (Å²) < 4.78 is 0. The molecule has 5 nitrogen and oxygen atoms in total. The minimum Gasteiger partial charge on any atom is -0.392 e. The summed E-state index contributed by atoms with van der Waals surface area (Å²) in [6, 6.07) is 2.70. The Hall–Kier alpha value is -1.62. The maximum atomic E-state index is 11.3. The summed E-state index contributed by atoms with van der Waals surface area (Å²) in [6.07, 6.45) is 0.751. The maximum Gasteiger partial charge on any atom is 0.252 e. The molecule has 1 aromatic rings. The van der Waals surface area contributed by atoms with Gasteiger partial charge in [-0.2, -0.15) is 0 Å². The van der Waals surface area contributed by atoms with E-state index in [1.54, 1.807) is 6.92 Å². The van der Waals surface area contributed by atoms with Crippen LogP contribution >= 0.6 is 0 Å². The van der Waals surface area contributed by atoms with E-state index in [0.29, 0.717) is 5.56 Å². The number of aromatic nitrogens is 1. The van der Waals surface area contributed by atoms with Gasteiger partial charge in [-0.15, -0.1) is 0 Å². The number of hydrogen-bond acceptors (Lipinski definition) is 3. The van der Waals surface area contributed by atoms with E-state index in [1.807, 2.05) is 0 Å². The van der Waals surface area contributed by atoms with Crippen molar-refractivity contribution in [3.8, 4) is 0 Å². The van der Waals surface area contributed by atoms with E-state index >= 15 is 0 Å². The fourth-order valence-electron chi connectivity index (χ4n) is 0.894. The SMILES string of the molecule is C[C@H](O)CNC(=O)c1ccc(=O)[nH]c1. The highest BCUT2D eigenvalue weighted by Gasteiger charge is 2.05. The van der Waals surface area contributed by atoms with Crippen LogP contribution in [0.3, 0.4) is 0 Å². The Morgan fingerprint density at radius 2 is 2.36 bits per heavy atom. The number of rotatable bonds is 3. The molecule has 1 aromatic heterocycles. The molecule has 1 amide bonds. The Labute approximate surface area is 80.8 Å². The smallest absolute Gasteiger partial charge is 0.252 e. The molecule has 0 saturated carbocycles. The summed E-state index contributed by atoms with van der Waals surface area (Å²) in [6.45, 7) is 1.77. The third-order valence-electron chi connectivity index (χ3n) is 1.60. The number of H-pyrrole nitrogens is 1. The molecular formula is C9H12N2O3. The molecule has 1 atom stereocenters. The number of amides is 1. The summed E-state index contributed by atoms with van der Waals surface area (Å²) in [7, 11) is 0. The topological polar surface area (TPSA) is 82.2 Å². The number of aromatic amines is 1. The highest BCUT2D eigenvalue weighted by atomic mass is 16.3. The molecule has 0 bridgehead atoms. The molecule has 0 aliphatic rings. The monoisotopic (exact) mass is 196 g/mol. The Morgan fingerprint density at radius 3 is 2.86 bits per heavy atom. The first-order valence-electron chi connectivity index (χ1n) is 4.24. The van der Waals surface area contributed by atoms with Crippen molar-refractivity contribution >= 4 is 5.91 Å². The molecule has 14 heavy (non-hydrogen) atoms. The van der Waals surface area contributed by atoms with Crippen molar-refractivity contribution in [2.75, 3.05) is 6.54 Å². The van der Waals surface area contributed by atoms with E-state index in [4.69, 9.17) is 5.11 Å². The van der Waals surface area contributed by atoms with Crippen LogP contribution in [0.2, 0.25) is 0 Å². The Morgan fingerprint density at radius 1 is 1.64 bits per heavy atom. The number of carbonyl (C=O) groups excluding carboxylic acids is 1. The van der Waals surface area contributed by atoms with Crippen molar-refractivity contribution in [2.24, 2.45) is 0 Å². The van der Waals surface area contributed by atoms with Crippen molar-refractivity contribution in [2.45, 2.75) is 13.0 Å². The predicted octanol–water partition coefficient (Wildman–Crippen LogP) is -0.515. The summed E-state index contributed by atoms with van der Waals surface area (Å²) in [4.78, 5) is 24.4. The van der Waals surface area contributed by atoms with Gasteiger partial charge in [-0.05, 0) is 13.0 Å². The van der Waals surface area contributed by atoms with Crippen LogP contribution in [0.5, 0.6) is 0 Å². The summed E-state index contributed by atoms with van der Waals surface area (Å²) in [5, 5.41) is 11.4. The first-order chi connectivity index (χ1) is 6.59. The first-order valence-corrected chi connectivity index (χ1v) is 4.24. The van der Waals surface area contributed by atoms with Crippen LogP contribution in [0.4, 0.5) is 0 Å². The van der Waals surface area contributed by atoms with Crippen LogP contribution in [-0.4, -0.2) is 28.6 Å². The van der Waals surface area contributed by atoms with Crippen molar-refractivity contribution in [1.29, 1.82) is 0 Å². The minimum absolute atomic E-state index is 0.192. The van der Waals surface area contributed by atoms with E-state index in [9.17, 15) is 9.59 Å². The van der Waals surface area contributed by atoms with Crippen LogP contribution in [0.1, 0.15) is 17.3 Å². The first kappa shape index (κ1) is 10.5. The van der Waals surface area contributed by atoms with E-state index in [-0.39, 0.29) is 18.0 Å². The van der Waals surface area contributed by atoms with Gasteiger partial charge in [-0.1, -0.05) is 0 Å². The fraction of sp³-hybridized carbons (Fsp3) is 0.333. The number of aliphatic hydroxyl groups excluding tert-OH is 1. The van der Waals surface area contributed by atoms with E-state index in [2.05, 4.69) is 10.3 Å². The Bertz CT molecular complexity index is 350. The molecule has 0 aromatic carbocycles. The van der Waals surface area contributed by atoms with Crippen molar-refractivity contribution in [1.82, 2.24) is 10.3 Å². The molecule has 0 unspecified atom stereocenters. The van der Waals surface area contributed by atoms with Gasteiger partial charge in [0.2, 0.25) is 5.56 Å². The lowest BCUT2D eigenvalue weighted by molar-refractivity contribution is 0.0923. The van der Waals surface area contributed by atoms with Gasteiger partial charge in [0, 0.05) is 18.8 Å². The van der Waals surface area contributed by atoms with E-state index in [1.165, 1.54) is 18.3 Å². The zero-order chi connectivity index (χ0) is 10.6. The van der Waals surface area contributed by atoms with Crippen LogP contribution in [0.25, 0.3) is 0 Å². The van der Waals surface area contributed by atoms with Gasteiger partial charge in [-0.25, -0.2) is 0 Å². The minimum atomic E-state index is -0.582. The number of hydrogen-bond donors (Lipinski definition) is 3. The second-order valence-corrected chi connectivity index (χ2v) is 3.00.